The number of hydrogen-bond donors (Lipinski definition) is 0. The van der Waals surface area contributed by atoms with E-state index in [1.54, 1.807) is 0 Å². The average Bonchev–Trinajstić information content (AvgIpc) is 2.22. The van der Waals surface area contributed by atoms with E-state index in [0.717, 1.165) is 12.2 Å². The zero-order chi connectivity index (χ0) is 11.1. The summed E-state index contributed by atoms with van der Waals surface area (Å²) in [6, 6.07) is 8.95. The Morgan fingerprint density at radius 2 is 1.93 bits per heavy atom. The number of benzene rings is 1. The largest absolute Gasteiger partial charge is 0.126 e. The van der Waals surface area contributed by atoms with Gasteiger partial charge in [-0.25, -0.2) is 0 Å². The molecule has 0 bridgehead atoms. The van der Waals surface area contributed by atoms with Crippen molar-refractivity contribution in [2.75, 3.05) is 5.75 Å². The summed E-state index contributed by atoms with van der Waals surface area (Å²) in [5.74, 6) is 1.79. The molecule has 0 saturated carbocycles. The molecule has 0 aliphatic heterocycles. The van der Waals surface area contributed by atoms with Crippen LogP contribution < -0.4 is 0 Å². The molecule has 1 heteroatoms. The molecule has 0 nitrogen and oxygen atoms in total. The molecule has 0 aromatic heterocycles. The summed E-state index contributed by atoms with van der Waals surface area (Å²) in [6.45, 7) is 6.53. The molecule has 0 aliphatic carbocycles. The zero-order valence-corrected chi connectivity index (χ0v) is 10.7. The predicted octanol–water partition coefficient (Wildman–Crippen LogP) is 4.55. The molecule has 1 rings (SSSR count). The molecule has 82 valence electrons. The molecule has 0 fully saturated rings. The van der Waals surface area contributed by atoms with Crippen molar-refractivity contribution in [2.45, 2.75) is 32.1 Å². The highest BCUT2D eigenvalue weighted by Crippen LogP contribution is 2.19. The van der Waals surface area contributed by atoms with Crippen LogP contribution in [0.3, 0.4) is 0 Å². The lowest BCUT2D eigenvalue weighted by Crippen LogP contribution is -1.95. The fraction of sp³-hybridized carbons (Fsp3) is 0.429. The van der Waals surface area contributed by atoms with Gasteiger partial charge in [-0.1, -0.05) is 38.1 Å². The molecule has 0 radical (unpaired) electrons. The first-order valence-corrected chi connectivity index (χ1v) is 6.59. The Morgan fingerprint density at radius 3 is 2.47 bits per heavy atom. The van der Waals surface area contributed by atoms with Crippen LogP contribution in [0.5, 0.6) is 0 Å². The summed E-state index contributed by atoms with van der Waals surface area (Å²) in [7, 11) is 0. The topological polar surface area (TPSA) is 0 Å². The molecule has 0 heterocycles. The van der Waals surface area contributed by atoms with E-state index in [0.29, 0.717) is 5.92 Å². The van der Waals surface area contributed by atoms with E-state index in [-0.39, 0.29) is 0 Å². The number of allylic oxidation sites excluding steroid dienone is 2. The second-order valence-corrected chi connectivity index (χ2v) is 5.12. The van der Waals surface area contributed by atoms with Crippen LogP contribution in [0.25, 0.3) is 0 Å². The number of hydrogen-bond acceptors (Lipinski definition) is 1. The van der Waals surface area contributed by atoms with Crippen molar-refractivity contribution < 1.29 is 0 Å². The monoisotopic (exact) mass is 220 g/mol. The van der Waals surface area contributed by atoms with Gasteiger partial charge >= 0.3 is 0 Å². The molecule has 1 atom stereocenters. The van der Waals surface area contributed by atoms with Crippen molar-refractivity contribution in [2.24, 2.45) is 5.92 Å². The third-order valence-corrected chi connectivity index (χ3v) is 3.21. The van der Waals surface area contributed by atoms with Crippen LogP contribution in [0.1, 0.15) is 26.3 Å². The molecular formula is C14H20S. The smallest absolute Gasteiger partial charge is 0.00720 e. The Bertz CT molecular complexity index is 298. The quantitative estimate of drug-likeness (QED) is 0.518. The van der Waals surface area contributed by atoms with Gasteiger partial charge < -0.3 is 0 Å². The first kappa shape index (κ1) is 12.4. The van der Waals surface area contributed by atoms with Crippen LogP contribution in [0, 0.1) is 5.92 Å². The Morgan fingerprint density at radius 1 is 1.27 bits per heavy atom. The van der Waals surface area contributed by atoms with Gasteiger partial charge in [-0.15, -0.1) is 11.8 Å². The highest BCUT2D eigenvalue weighted by Gasteiger charge is 1.99. The van der Waals surface area contributed by atoms with Crippen LogP contribution >= 0.6 is 11.8 Å². The Hall–Kier alpha value is -0.690. The minimum atomic E-state index is 0.639. The zero-order valence-electron chi connectivity index (χ0n) is 9.86. The van der Waals surface area contributed by atoms with Gasteiger partial charge in [0.05, 0.1) is 0 Å². The fourth-order valence-electron chi connectivity index (χ4n) is 1.66. The minimum absolute atomic E-state index is 0.639. The lowest BCUT2D eigenvalue weighted by Gasteiger charge is -2.07. The van der Waals surface area contributed by atoms with Crippen LogP contribution in [-0.2, 0) is 6.42 Å². The molecule has 1 aromatic rings. The summed E-state index contributed by atoms with van der Waals surface area (Å²) in [6.07, 6.45) is 5.53. The molecule has 0 spiro atoms. The van der Waals surface area contributed by atoms with Gasteiger partial charge in [-0.2, -0.15) is 0 Å². The van der Waals surface area contributed by atoms with E-state index in [2.05, 4.69) is 57.2 Å². The van der Waals surface area contributed by atoms with Crippen molar-refractivity contribution in [1.29, 1.82) is 0 Å². The summed E-state index contributed by atoms with van der Waals surface area (Å²) in [5.41, 5.74) is 1.43. The predicted molar refractivity (Wildman–Crippen MR) is 70.5 cm³/mol. The Balaban J connectivity index is 2.56. The van der Waals surface area contributed by atoms with Gasteiger partial charge in [-0.05, 0) is 42.7 Å². The van der Waals surface area contributed by atoms with Crippen LogP contribution in [0.15, 0.2) is 41.3 Å². The lowest BCUT2D eigenvalue weighted by atomic mass is 10.0. The van der Waals surface area contributed by atoms with Crippen LogP contribution in [-0.4, -0.2) is 5.75 Å². The maximum absolute atomic E-state index is 2.26. The SMILES string of the molecule is C/C=C\C(C)Cc1ccc(SCC)cc1. The normalized spacial score (nSPS) is 13.3. The second-order valence-electron chi connectivity index (χ2n) is 3.78. The van der Waals surface area contributed by atoms with Crippen LogP contribution in [0.2, 0.25) is 0 Å². The average molecular weight is 220 g/mol. The molecule has 15 heavy (non-hydrogen) atoms. The molecule has 0 amide bonds. The first-order chi connectivity index (χ1) is 7.26. The summed E-state index contributed by atoms with van der Waals surface area (Å²) in [4.78, 5) is 1.37. The summed E-state index contributed by atoms with van der Waals surface area (Å²) in [5, 5.41) is 0. The van der Waals surface area contributed by atoms with Crippen molar-refractivity contribution in [3.8, 4) is 0 Å². The van der Waals surface area contributed by atoms with Gasteiger partial charge in [0.1, 0.15) is 0 Å². The summed E-state index contributed by atoms with van der Waals surface area (Å²) >= 11 is 1.90. The first-order valence-electron chi connectivity index (χ1n) is 5.60. The highest BCUT2D eigenvalue weighted by molar-refractivity contribution is 7.99. The summed E-state index contributed by atoms with van der Waals surface area (Å²) < 4.78 is 0. The molecule has 0 N–H and O–H groups in total. The van der Waals surface area contributed by atoms with Crippen molar-refractivity contribution in [3.05, 3.63) is 42.0 Å². The van der Waals surface area contributed by atoms with E-state index >= 15 is 0 Å². The van der Waals surface area contributed by atoms with E-state index < -0.39 is 0 Å². The maximum atomic E-state index is 2.26. The van der Waals surface area contributed by atoms with Crippen molar-refractivity contribution in [3.63, 3.8) is 0 Å². The van der Waals surface area contributed by atoms with E-state index in [9.17, 15) is 0 Å². The van der Waals surface area contributed by atoms with Crippen molar-refractivity contribution in [1.82, 2.24) is 0 Å². The molecule has 1 unspecified atom stereocenters. The highest BCUT2D eigenvalue weighted by atomic mass is 32.2. The van der Waals surface area contributed by atoms with Gasteiger partial charge in [0.2, 0.25) is 0 Å². The van der Waals surface area contributed by atoms with E-state index in [4.69, 9.17) is 0 Å². The lowest BCUT2D eigenvalue weighted by molar-refractivity contribution is 0.722. The van der Waals surface area contributed by atoms with Crippen molar-refractivity contribution >= 4 is 11.8 Å². The van der Waals surface area contributed by atoms with Gasteiger partial charge in [-0.3, -0.25) is 0 Å². The Kier molecular flexibility index (Phi) is 5.56. The molecule has 1 aromatic carbocycles. The molecular weight excluding hydrogens is 200 g/mol. The molecule has 0 saturated heterocycles. The fourth-order valence-corrected chi connectivity index (χ4v) is 2.32. The second kappa shape index (κ2) is 6.73. The third-order valence-electron chi connectivity index (χ3n) is 2.31. The van der Waals surface area contributed by atoms with Gasteiger partial charge in [0, 0.05) is 4.90 Å². The minimum Gasteiger partial charge on any atom is -0.126 e. The number of thioether (sulfide) groups is 1. The standard InChI is InChI=1S/C14H20S/c1-4-6-12(3)11-13-7-9-14(10-8-13)15-5-2/h4,6-10,12H,5,11H2,1-3H3/b6-4-. The maximum Gasteiger partial charge on any atom is 0.00720 e. The third kappa shape index (κ3) is 4.57. The van der Waals surface area contributed by atoms with E-state index in [1.165, 1.54) is 10.5 Å². The van der Waals surface area contributed by atoms with Gasteiger partial charge in [0.15, 0.2) is 0 Å². The Labute approximate surface area is 97.8 Å². The van der Waals surface area contributed by atoms with E-state index in [1.807, 2.05) is 11.8 Å². The molecule has 0 aliphatic rings. The van der Waals surface area contributed by atoms with Crippen LogP contribution in [0.4, 0.5) is 0 Å². The number of rotatable bonds is 5. The van der Waals surface area contributed by atoms with Gasteiger partial charge in [0.25, 0.3) is 0 Å².